The predicted molar refractivity (Wildman–Crippen MR) is 120 cm³/mol. The van der Waals surface area contributed by atoms with E-state index in [2.05, 4.69) is 16.3 Å². The summed E-state index contributed by atoms with van der Waals surface area (Å²) >= 11 is 0. The van der Waals surface area contributed by atoms with Gasteiger partial charge in [-0.3, -0.25) is 4.79 Å². The highest BCUT2D eigenvalue weighted by Gasteiger charge is 2.23. The zero-order chi connectivity index (χ0) is 21.4. The van der Waals surface area contributed by atoms with Gasteiger partial charge in [-0.1, -0.05) is 0 Å². The number of anilines is 3. The molecule has 0 saturated heterocycles. The van der Waals surface area contributed by atoms with Crippen LogP contribution in [0.25, 0.3) is 10.9 Å². The lowest BCUT2D eigenvalue weighted by Gasteiger charge is -2.19. The summed E-state index contributed by atoms with van der Waals surface area (Å²) < 4.78 is 18.4. The number of nitrogens with zero attached hydrogens (tertiary/aromatic N) is 2. The average molecular weight is 413 g/mol. The summed E-state index contributed by atoms with van der Waals surface area (Å²) in [5.74, 6) is 1.13. The first-order chi connectivity index (χ1) is 15.1. The normalized spacial score (nSPS) is 12.6. The van der Waals surface area contributed by atoms with Gasteiger partial charge in [0.1, 0.15) is 17.4 Å². The van der Waals surface area contributed by atoms with Crippen molar-refractivity contribution in [2.45, 2.75) is 6.42 Å². The van der Waals surface area contributed by atoms with Gasteiger partial charge in [-0.2, -0.15) is 0 Å². The largest absolute Gasteiger partial charge is 0.497 e. The lowest BCUT2D eigenvalue weighted by Crippen LogP contribution is -2.15. The molecular formula is C25H20FN3O2. The minimum Gasteiger partial charge on any atom is -0.497 e. The van der Waals surface area contributed by atoms with Crippen LogP contribution in [0.1, 0.15) is 15.9 Å². The first-order valence-electron chi connectivity index (χ1n) is 10.0. The number of benzene rings is 3. The number of methoxy groups -OCH3 is 1. The third-order valence-corrected chi connectivity index (χ3v) is 5.48. The Morgan fingerprint density at radius 2 is 1.81 bits per heavy atom. The third-order valence-electron chi connectivity index (χ3n) is 5.48. The number of carbonyl (C=O) groups is 1. The van der Waals surface area contributed by atoms with E-state index in [9.17, 15) is 9.18 Å². The van der Waals surface area contributed by atoms with Crippen molar-refractivity contribution in [2.24, 2.45) is 0 Å². The van der Waals surface area contributed by atoms with Gasteiger partial charge in [0.25, 0.3) is 5.91 Å². The van der Waals surface area contributed by atoms with Crippen LogP contribution in [-0.4, -0.2) is 24.5 Å². The monoisotopic (exact) mass is 413 g/mol. The van der Waals surface area contributed by atoms with Crippen LogP contribution < -0.4 is 15.0 Å². The predicted octanol–water partition coefficient (Wildman–Crippen LogP) is 5.33. The Morgan fingerprint density at radius 1 is 1.03 bits per heavy atom. The van der Waals surface area contributed by atoms with Crippen LogP contribution in [0, 0.1) is 5.82 Å². The Kier molecular flexibility index (Phi) is 4.75. The Balaban J connectivity index is 1.39. The van der Waals surface area contributed by atoms with Crippen LogP contribution in [0.2, 0.25) is 0 Å². The van der Waals surface area contributed by atoms with E-state index in [1.165, 1.54) is 29.8 Å². The maximum Gasteiger partial charge on any atom is 0.255 e. The number of carbonyl (C=O) groups excluding carboxylic acids is 1. The molecule has 31 heavy (non-hydrogen) atoms. The van der Waals surface area contributed by atoms with Gasteiger partial charge >= 0.3 is 0 Å². The van der Waals surface area contributed by atoms with Crippen molar-refractivity contribution < 1.29 is 13.9 Å². The molecule has 0 saturated carbocycles. The fraction of sp³-hybridized carbons (Fsp3) is 0.120. The van der Waals surface area contributed by atoms with Crippen LogP contribution in [0.3, 0.4) is 0 Å². The van der Waals surface area contributed by atoms with Crippen LogP contribution in [0.15, 0.2) is 72.8 Å². The van der Waals surface area contributed by atoms with Crippen LogP contribution in [0.4, 0.5) is 21.6 Å². The summed E-state index contributed by atoms with van der Waals surface area (Å²) in [6, 6.07) is 21.2. The Labute approximate surface area is 179 Å². The number of aromatic nitrogens is 1. The van der Waals surface area contributed by atoms with Gasteiger partial charge in [0, 0.05) is 34.9 Å². The van der Waals surface area contributed by atoms with Gasteiger partial charge in [-0.25, -0.2) is 9.37 Å². The summed E-state index contributed by atoms with van der Waals surface area (Å²) in [4.78, 5) is 19.5. The smallest absolute Gasteiger partial charge is 0.255 e. The van der Waals surface area contributed by atoms with E-state index < -0.39 is 0 Å². The van der Waals surface area contributed by atoms with E-state index in [0.717, 1.165) is 41.1 Å². The highest BCUT2D eigenvalue weighted by Crippen LogP contribution is 2.35. The number of fused-ring (bicyclic) bond motifs is 2. The van der Waals surface area contributed by atoms with Crippen molar-refractivity contribution in [3.05, 3.63) is 89.7 Å². The lowest BCUT2D eigenvalue weighted by atomic mass is 10.1. The summed E-state index contributed by atoms with van der Waals surface area (Å²) in [5, 5.41) is 3.87. The van der Waals surface area contributed by atoms with E-state index in [4.69, 9.17) is 9.72 Å². The average Bonchev–Trinajstić information content (AvgIpc) is 3.21. The second kappa shape index (κ2) is 7.72. The van der Waals surface area contributed by atoms with Crippen LogP contribution in [-0.2, 0) is 6.42 Å². The van der Waals surface area contributed by atoms with E-state index in [1.54, 1.807) is 19.2 Å². The SMILES string of the molecule is COc1ccc2cc3c(nc2c1)N(c1ccc(C(=O)Nc2ccc(F)cc2)cc1)CC3. The molecule has 2 heterocycles. The number of pyridine rings is 1. The van der Waals surface area contributed by atoms with E-state index >= 15 is 0 Å². The molecule has 1 aliphatic heterocycles. The third kappa shape index (κ3) is 3.68. The van der Waals surface area contributed by atoms with E-state index in [0.29, 0.717) is 11.3 Å². The molecule has 3 aromatic carbocycles. The summed E-state index contributed by atoms with van der Waals surface area (Å²) in [6.45, 7) is 0.830. The van der Waals surface area contributed by atoms with Gasteiger partial charge in [-0.15, -0.1) is 0 Å². The highest BCUT2D eigenvalue weighted by molar-refractivity contribution is 6.04. The molecule has 1 aliphatic rings. The molecule has 4 aromatic rings. The Morgan fingerprint density at radius 3 is 2.55 bits per heavy atom. The molecule has 5 rings (SSSR count). The molecular weight excluding hydrogens is 393 g/mol. The first-order valence-corrected chi connectivity index (χ1v) is 10.0. The number of hydrogen-bond donors (Lipinski definition) is 1. The minimum atomic E-state index is -0.340. The zero-order valence-corrected chi connectivity index (χ0v) is 16.9. The van der Waals surface area contributed by atoms with Crippen molar-refractivity contribution in [3.8, 4) is 5.75 Å². The first kappa shape index (κ1) is 19.1. The molecule has 5 nitrogen and oxygen atoms in total. The second-order valence-corrected chi connectivity index (χ2v) is 7.44. The number of rotatable bonds is 4. The van der Waals surface area contributed by atoms with Crippen molar-refractivity contribution in [1.82, 2.24) is 4.98 Å². The molecule has 0 aliphatic carbocycles. The fourth-order valence-electron chi connectivity index (χ4n) is 3.84. The quantitative estimate of drug-likeness (QED) is 0.491. The maximum atomic E-state index is 13.0. The fourth-order valence-corrected chi connectivity index (χ4v) is 3.84. The second-order valence-electron chi connectivity index (χ2n) is 7.44. The van der Waals surface area contributed by atoms with Crippen LogP contribution in [0.5, 0.6) is 5.75 Å². The molecule has 6 heteroatoms. The van der Waals surface area contributed by atoms with Gasteiger partial charge in [0.05, 0.1) is 12.6 Å². The molecule has 0 bridgehead atoms. The summed E-state index contributed by atoms with van der Waals surface area (Å²) in [6.07, 6.45) is 0.914. The molecule has 0 fully saturated rings. The lowest BCUT2D eigenvalue weighted by molar-refractivity contribution is 0.102. The highest BCUT2D eigenvalue weighted by atomic mass is 19.1. The van der Waals surface area contributed by atoms with Crippen molar-refractivity contribution >= 4 is 34.0 Å². The molecule has 0 unspecified atom stereocenters. The Hall–Kier alpha value is -3.93. The number of nitrogens with one attached hydrogen (secondary N) is 1. The van der Waals surface area contributed by atoms with E-state index in [1.807, 2.05) is 30.3 Å². The van der Waals surface area contributed by atoms with E-state index in [-0.39, 0.29) is 11.7 Å². The zero-order valence-electron chi connectivity index (χ0n) is 16.9. The van der Waals surface area contributed by atoms with Crippen molar-refractivity contribution in [1.29, 1.82) is 0 Å². The molecule has 1 amide bonds. The van der Waals surface area contributed by atoms with Crippen LogP contribution >= 0.6 is 0 Å². The van der Waals surface area contributed by atoms with Gasteiger partial charge in [0.15, 0.2) is 0 Å². The summed E-state index contributed by atoms with van der Waals surface area (Å²) in [5.41, 5.74) is 4.15. The molecule has 0 radical (unpaired) electrons. The Bertz CT molecular complexity index is 1270. The minimum absolute atomic E-state index is 0.240. The van der Waals surface area contributed by atoms with Gasteiger partial charge < -0.3 is 15.0 Å². The topological polar surface area (TPSA) is 54.5 Å². The maximum absolute atomic E-state index is 13.0. The standard InChI is InChI=1S/C25H20FN3O2/c1-31-22-11-4-17-14-18-12-13-29(24(18)28-23(17)15-22)21-9-2-16(3-10-21)25(30)27-20-7-5-19(26)6-8-20/h2-11,14-15H,12-13H2,1H3,(H,27,30). The molecule has 1 N–H and O–H groups in total. The number of halogens is 1. The van der Waals surface area contributed by atoms with Gasteiger partial charge in [0.2, 0.25) is 0 Å². The number of amides is 1. The molecule has 1 aromatic heterocycles. The molecule has 154 valence electrons. The van der Waals surface area contributed by atoms with Gasteiger partial charge in [-0.05, 0) is 78.7 Å². The number of ether oxygens (including phenoxy) is 1. The van der Waals surface area contributed by atoms with Crippen molar-refractivity contribution in [2.75, 3.05) is 23.9 Å². The molecule has 0 spiro atoms. The van der Waals surface area contributed by atoms with Crippen molar-refractivity contribution in [3.63, 3.8) is 0 Å². The number of hydrogen-bond acceptors (Lipinski definition) is 4. The molecule has 0 atom stereocenters. The summed E-state index contributed by atoms with van der Waals surface area (Å²) in [7, 11) is 1.65.